The van der Waals surface area contributed by atoms with E-state index in [-0.39, 0.29) is 23.4 Å². The number of carbonyl (C=O) groups is 1. The summed E-state index contributed by atoms with van der Waals surface area (Å²) >= 11 is 0. The third-order valence-corrected chi connectivity index (χ3v) is 9.14. The summed E-state index contributed by atoms with van der Waals surface area (Å²) in [5.74, 6) is -0.796. The molecule has 1 amide bonds. The fraction of sp³-hybridized carbons (Fsp3) is 0.316. The van der Waals surface area contributed by atoms with Crippen molar-refractivity contribution < 1.29 is 34.8 Å². The van der Waals surface area contributed by atoms with Gasteiger partial charge in [0.1, 0.15) is 0 Å². The Morgan fingerprint density at radius 2 is 1.37 bits per heavy atom. The van der Waals surface area contributed by atoms with Crippen molar-refractivity contribution in [2.24, 2.45) is 0 Å². The summed E-state index contributed by atoms with van der Waals surface area (Å²) in [6, 6.07) is 11.0. The molecule has 1 fully saturated rings. The van der Waals surface area contributed by atoms with Crippen LogP contribution in [0.15, 0.2) is 64.4 Å². The number of amides is 1. The third kappa shape index (κ3) is 3.71. The standard InChI is InChI=1S/C19H18F3NO5S2/c20-19(21,22)30(27,28)16-10-8-14(9-11-16)23-17(24)18(12-4-5-13-18)29(25,26)15-6-2-1-3-7-15/h1-3,6-11H,4-5,12-13H2,(H,23,24). The van der Waals surface area contributed by atoms with Gasteiger partial charge in [-0.3, -0.25) is 4.79 Å². The second-order valence-electron chi connectivity index (χ2n) is 6.95. The molecule has 0 heterocycles. The first-order chi connectivity index (χ1) is 13.9. The number of halogens is 3. The zero-order valence-electron chi connectivity index (χ0n) is 15.5. The monoisotopic (exact) mass is 461 g/mol. The zero-order valence-corrected chi connectivity index (χ0v) is 17.1. The van der Waals surface area contributed by atoms with Crippen molar-refractivity contribution in [2.45, 2.75) is 45.7 Å². The number of rotatable bonds is 5. The maximum absolute atomic E-state index is 13.2. The minimum Gasteiger partial charge on any atom is -0.325 e. The molecule has 0 saturated heterocycles. The summed E-state index contributed by atoms with van der Waals surface area (Å²) in [6.45, 7) is 0. The lowest BCUT2D eigenvalue weighted by Crippen LogP contribution is -2.47. The first-order valence-electron chi connectivity index (χ1n) is 8.94. The molecule has 1 aliphatic rings. The fourth-order valence-electron chi connectivity index (χ4n) is 3.49. The predicted octanol–water partition coefficient (Wildman–Crippen LogP) is 3.71. The van der Waals surface area contributed by atoms with Gasteiger partial charge in [-0.2, -0.15) is 13.2 Å². The molecule has 0 radical (unpaired) electrons. The lowest BCUT2D eigenvalue weighted by atomic mass is 10.1. The Hall–Kier alpha value is -2.40. The Bertz CT molecular complexity index is 1140. The Labute approximate surface area is 171 Å². The maximum atomic E-state index is 13.2. The maximum Gasteiger partial charge on any atom is 0.501 e. The van der Waals surface area contributed by atoms with E-state index < -0.39 is 40.7 Å². The highest BCUT2D eigenvalue weighted by Crippen LogP contribution is 2.41. The molecule has 30 heavy (non-hydrogen) atoms. The number of hydrogen-bond donors (Lipinski definition) is 1. The van der Waals surface area contributed by atoms with Crippen molar-refractivity contribution in [2.75, 3.05) is 5.32 Å². The van der Waals surface area contributed by atoms with Crippen molar-refractivity contribution in [3.8, 4) is 0 Å². The average molecular weight is 461 g/mol. The highest BCUT2D eigenvalue weighted by molar-refractivity contribution is 7.93. The molecule has 0 unspecified atom stereocenters. The Balaban J connectivity index is 1.90. The topological polar surface area (TPSA) is 97.4 Å². The van der Waals surface area contributed by atoms with E-state index in [9.17, 15) is 34.8 Å². The molecule has 0 atom stereocenters. The molecule has 2 aromatic carbocycles. The van der Waals surface area contributed by atoms with E-state index in [0.717, 1.165) is 12.1 Å². The Kier molecular flexibility index (Phi) is 5.72. The van der Waals surface area contributed by atoms with Crippen LogP contribution in [0.4, 0.5) is 18.9 Å². The van der Waals surface area contributed by atoms with Gasteiger partial charge in [-0.15, -0.1) is 0 Å². The first-order valence-corrected chi connectivity index (χ1v) is 11.9. The Morgan fingerprint density at radius 3 is 1.87 bits per heavy atom. The predicted molar refractivity (Wildman–Crippen MR) is 103 cm³/mol. The normalized spacial score (nSPS) is 16.9. The highest BCUT2D eigenvalue weighted by atomic mass is 32.2. The molecule has 0 aliphatic heterocycles. The van der Waals surface area contributed by atoms with Gasteiger partial charge in [0.25, 0.3) is 9.84 Å². The molecule has 0 bridgehead atoms. The van der Waals surface area contributed by atoms with Crippen LogP contribution in [0.25, 0.3) is 0 Å². The summed E-state index contributed by atoms with van der Waals surface area (Å²) in [5, 5.41) is 2.42. The number of sulfone groups is 2. The van der Waals surface area contributed by atoms with E-state index in [1.165, 1.54) is 12.1 Å². The molecule has 6 nitrogen and oxygen atoms in total. The van der Waals surface area contributed by atoms with Crippen LogP contribution in [0.5, 0.6) is 0 Å². The minimum absolute atomic E-state index is 0.00402. The van der Waals surface area contributed by atoms with Crippen LogP contribution in [0.1, 0.15) is 25.7 Å². The molecule has 3 rings (SSSR count). The van der Waals surface area contributed by atoms with Crippen LogP contribution in [-0.4, -0.2) is 33.0 Å². The van der Waals surface area contributed by atoms with Crippen molar-refractivity contribution in [1.29, 1.82) is 0 Å². The molecule has 1 aliphatic carbocycles. The van der Waals surface area contributed by atoms with E-state index in [4.69, 9.17) is 0 Å². The largest absolute Gasteiger partial charge is 0.501 e. The van der Waals surface area contributed by atoms with Crippen LogP contribution in [0.2, 0.25) is 0 Å². The van der Waals surface area contributed by atoms with Crippen molar-refractivity contribution in [3.05, 3.63) is 54.6 Å². The third-order valence-electron chi connectivity index (χ3n) is 5.12. The molecule has 2 aromatic rings. The lowest BCUT2D eigenvalue weighted by molar-refractivity contribution is -0.118. The minimum atomic E-state index is -5.52. The van der Waals surface area contributed by atoms with E-state index in [2.05, 4.69) is 5.32 Å². The van der Waals surface area contributed by atoms with Crippen LogP contribution < -0.4 is 5.32 Å². The van der Waals surface area contributed by atoms with Crippen molar-refractivity contribution in [3.63, 3.8) is 0 Å². The summed E-state index contributed by atoms with van der Waals surface area (Å²) in [4.78, 5) is 12.0. The average Bonchev–Trinajstić information content (AvgIpc) is 3.20. The molecule has 1 saturated carbocycles. The van der Waals surface area contributed by atoms with Crippen LogP contribution in [-0.2, 0) is 24.5 Å². The van der Waals surface area contributed by atoms with Crippen molar-refractivity contribution in [1.82, 2.24) is 0 Å². The lowest BCUT2D eigenvalue weighted by Gasteiger charge is -2.27. The van der Waals surface area contributed by atoms with E-state index >= 15 is 0 Å². The quantitative estimate of drug-likeness (QED) is 0.732. The van der Waals surface area contributed by atoms with Crippen molar-refractivity contribution >= 4 is 31.3 Å². The number of anilines is 1. The molecular weight excluding hydrogens is 443 g/mol. The van der Waals surface area contributed by atoms with Gasteiger partial charge in [0.2, 0.25) is 5.91 Å². The summed E-state index contributed by atoms with van der Waals surface area (Å²) in [7, 11) is -9.54. The van der Waals surface area contributed by atoms with Gasteiger partial charge >= 0.3 is 5.51 Å². The summed E-state index contributed by atoms with van der Waals surface area (Å²) in [5.41, 5.74) is -5.45. The second-order valence-corrected chi connectivity index (χ2v) is 11.1. The van der Waals surface area contributed by atoms with E-state index in [1.54, 1.807) is 18.2 Å². The summed E-state index contributed by atoms with van der Waals surface area (Å²) < 4.78 is 85.6. The smallest absolute Gasteiger partial charge is 0.325 e. The zero-order chi connectivity index (χ0) is 22.2. The number of benzene rings is 2. The number of nitrogens with one attached hydrogen (secondary N) is 1. The van der Waals surface area contributed by atoms with E-state index in [0.29, 0.717) is 25.0 Å². The van der Waals surface area contributed by atoms with Gasteiger partial charge in [0.05, 0.1) is 9.79 Å². The molecule has 1 N–H and O–H groups in total. The highest BCUT2D eigenvalue weighted by Gasteiger charge is 2.53. The number of carbonyl (C=O) groups excluding carboxylic acids is 1. The van der Waals surface area contributed by atoms with Crippen LogP contribution in [0, 0.1) is 0 Å². The number of hydrogen-bond acceptors (Lipinski definition) is 5. The molecule has 0 spiro atoms. The molecule has 0 aromatic heterocycles. The van der Waals surface area contributed by atoms with Gasteiger partial charge in [-0.05, 0) is 49.2 Å². The van der Waals surface area contributed by atoms with Gasteiger partial charge in [0.15, 0.2) is 14.6 Å². The molecule has 162 valence electrons. The van der Waals surface area contributed by atoms with Gasteiger partial charge in [-0.25, -0.2) is 16.8 Å². The summed E-state index contributed by atoms with van der Waals surface area (Å²) in [6.07, 6.45) is 1.28. The first kappa shape index (κ1) is 22.3. The Morgan fingerprint density at radius 1 is 0.833 bits per heavy atom. The number of alkyl halides is 3. The van der Waals surface area contributed by atoms with Gasteiger partial charge in [-0.1, -0.05) is 31.0 Å². The second kappa shape index (κ2) is 7.69. The van der Waals surface area contributed by atoms with E-state index in [1.807, 2.05) is 0 Å². The van der Waals surface area contributed by atoms with Crippen LogP contribution >= 0.6 is 0 Å². The molecule has 11 heteroatoms. The SMILES string of the molecule is O=C(Nc1ccc(S(=O)(=O)C(F)(F)F)cc1)C1(S(=O)(=O)c2ccccc2)CCCC1. The molecular formula is C19H18F3NO5S2. The van der Waals surface area contributed by atoms with Gasteiger partial charge in [0, 0.05) is 5.69 Å². The fourth-order valence-corrected chi connectivity index (χ4v) is 6.33. The van der Waals surface area contributed by atoms with Crippen LogP contribution in [0.3, 0.4) is 0 Å². The van der Waals surface area contributed by atoms with Gasteiger partial charge < -0.3 is 5.32 Å².